The van der Waals surface area contributed by atoms with Crippen LogP contribution in [0.4, 0.5) is 0 Å². The average molecular weight is 523 g/mol. The highest BCUT2D eigenvalue weighted by molar-refractivity contribution is 14.0. The Morgan fingerprint density at radius 3 is 2.61 bits per heavy atom. The Morgan fingerprint density at radius 2 is 1.96 bits per heavy atom. The third-order valence-electron chi connectivity index (χ3n) is 4.58. The van der Waals surface area contributed by atoms with Crippen molar-refractivity contribution < 1.29 is 13.7 Å². The minimum atomic E-state index is -0.872. The number of rotatable bonds is 10. The number of aliphatic imine (C=N–C) groups is 1. The summed E-state index contributed by atoms with van der Waals surface area (Å²) in [7, 11) is 2.65. The summed E-state index contributed by atoms with van der Waals surface area (Å²) in [5.74, 6) is 2.12. The van der Waals surface area contributed by atoms with Crippen LogP contribution in [0.3, 0.4) is 0 Å². The van der Waals surface area contributed by atoms with Gasteiger partial charge >= 0.3 is 0 Å². The van der Waals surface area contributed by atoms with Crippen LogP contribution in [0.2, 0.25) is 0 Å². The lowest BCUT2D eigenvalue weighted by Gasteiger charge is -2.34. The standard InChI is InChI=1S/C20H33N3O3S.HI/c1-21-20(22-11-16-27(24)17-18-7-4-3-5-8-18)23-12-9-19(10-13-23)26-15-6-14-25-2;/h3-5,7-8,19H,6,9-17H2,1-2H3,(H,21,22);1H. The van der Waals surface area contributed by atoms with Gasteiger partial charge in [0.05, 0.1) is 6.10 Å². The van der Waals surface area contributed by atoms with Gasteiger partial charge < -0.3 is 19.7 Å². The number of hydrogen-bond acceptors (Lipinski definition) is 4. The van der Waals surface area contributed by atoms with Crippen molar-refractivity contribution in [3.63, 3.8) is 0 Å². The molecule has 1 aromatic rings. The number of piperidine rings is 1. The summed E-state index contributed by atoms with van der Waals surface area (Å²) >= 11 is 0. The average Bonchev–Trinajstić information content (AvgIpc) is 2.70. The Morgan fingerprint density at radius 1 is 1.25 bits per heavy atom. The van der Waals surface area contributed by atoms with Crippen LogP contribution in [-0.2, 0) is 26.0 Å². The number of halogens is 1. The van der Waals surface area contributed by atoms with Gasteiger partial charge in [-0.3, -0.25) is 9.20 Å². The lowest BCUT2D eigenvalue weighted by molar-refractivity contribution is 0.00993. The van der Waals surface area contributed by atoms with E-state index in [0.29, 0.717) is 24.2 Å². The van der Waals surface area contributed by atoms with E-state index in [1.807, 2.05) is 30.3 Å². The third kappa shape index (κ3) is 9.67. The van der Waals surface area contributed by atoms with E-state index < -0.39 is 10.8 Å². The molecule has 0 spiro atoms. The van der Waals surface area contributed by atoms with Gasteiger partial charge in [-0.2, -0.15) is 0 Å². The van der Waals surface area contributed by atoms with Crippen LogP contribution in [0.25, 0.3) is 0 Å². The smallest absolute Gasteiger partial charge is 0.193 e. The number of hydrogen-bond donors (Lipinski definition) is 1. The van der Waals surface area contributed by atoms with Crippen molar-refractivity contribution in [1.29, 1.82) is 0 Å². The Labute approximate surface area is 188 Å². The van der Waals surface area contributed by atoms with Crippen molar-refractivity contribution in [3.8, 4) is 0 Å². The molecule has 1 atom stereocenters. The molecular weight excluding hydrogens is 489 g/mol. The summed E-state index contributed by atoms with van der Waals surface area (Å²) < 4.78 is 23.2. The molecule has 2 rings (SSSR count). The van der Waals surface area contributed by atoms with E-state index in [4.69, 9.17) is 9.47 Å². The monoisotopic (exact) mass is 523 g/mol. The molecule has 0 saturated carbocycles. The molecule has 0 amide bonds. The second-order valence-corrected chi connectivity index (χ2v) is 8.23. The van der Waals surface area contributed by atoms with Gasteiger partial charge in [0.25, 0.3) is 0 Å². The molecular formula is C20H34IN3O3S. The maximum Gasteiger partial charge on any atom is 0.193 e. The second kappa shape index (κ2) is 15.2. The van der Waals surface area contributed by atoms with Crippen molar-refractivity contribution >= 4 is 40.7 Å². The van der Waals surface area contributed by atoms with E-state index in [2.05, 4.69) is 15.2 Å². The van der Waals surface area contributed by atoms with Gasteiger partial charge in [0, 0.05) is 69.3 Å². The van der Waals surface area contributed by atoms with Crippen molar-refractivity contribution in [2.45, 2.75) is 31.1 Å². The first-order chi connectivity index (χ1) is 13.2. The highest BCUT2D eigenvalue weighted by atomic mass is 127. The predicted molar refractivity (Wildman–Crippen MR) is 127 cm³/mol. The van der Waals surface area contributed by atoms with Gasteiger partial charge in [0.2, 0.25) is 0 Å². The third-order valence-corrected chi connectivity index (χ3v) is 5.90. The summed E-state index contributed by atoms with van der Waals surface area (Å²) in [5.41, 5.74) is 1.12. The van der Waals surface area contributed by atoms with E-state index in [-0.39, 0.29) is 24.0 Å². The van der Waals surface area contributed by atoms with Crippen LogP contribution >= 0.6 is 24.0 Å². The Balaban J connectivity index is 0.00000392. The van der Waals surface area contributed by atoms with E-state index in [1.165, 1.54) is 0 Å². The summed E-state index contributed by atoms with van der Waals surface area (Å²) in [5, 5.41) is 3.36. The maximum absolute atomic E-state index is 12.2. The van der Waals surface area contributed by atoms with E-state index in [0.717, 1.165) is 57.1 Å². The number of likely N-dealkylation sites (tertiary alicyclic amines) is 1. The minimum Gasteiger partial charge on any atom is -0.385 e. The summed E-state index contributed by atoms with van der Waals surface area (Å²) in [6, 6.07) is 9.98. The highest BCUT2D eigenvalue weighted by Crippen LogP contribution is 2.14. The fourth-order valence-corrected chi connectivity index (χ4v) is 4.17. The van der Waals surface area contributed by atoms with Crippen LogP contribution in [0.5, 0.6) is 0 Å². The second-order valence-electron chi connectivity index (χ2n) is 6.65. The summed E-state index contributed by atoms with van der Waals surface area (Å²) in [6.45, 7) is 4.04. The van der Waals surface area contributed by atoms with Gasteiger partial charge in [0.1, 0.15) is 0 Å². The van der Waals surface area contributed by atoms with Crippen LogP contribution in [0.15, 0.2) is 35.3 Å². The molecule has 1 unspecified atom stereocenters. The quantitative estimate of drug-likeness (QED) is 0.221. The van der Waals surface area contributed by atoms with Gasteiger partial charge in [-0.15, -0.1) is 24.0 Å². The molecule has 1 N–H and O–H groups in total. The number of nitrogens with zero attached hydrogens (tertiary/aromatic N) is 2. The Hall–Kier alpha value is -0.710. The molecule has 1 aliphatic heterocycles. The molecule has 28 heavy (non-hydrogen) atoms. The topological polar surface area (TPSA) is 63.2 Å². The maximum atomic E-state index is 12.2. The number of guanidine groups is 1. The normalized spacial score (nSPS) is 16.5. The van der Waals surface area contributed by atoms with E-state index >= 15 is 0 Å². The van der Waals surface area contributed by atoms with Gasteiger partial charge in [0.15, 0.2) is 5.96 Å². The molecule has 0 radical (unpaired) electrons. The van der Waals surface area contributed by atoms with Crippen LogP contribution < -0.4 is 5.32 Å². The van der Waals surface area contributed by atoms with Gasteiger partial charge in [-0.05, 0) is 24.8 Å². The lowest BCUT2D eigenvalue weighted by atomic mass is 10.1. The molecule has 1 aliphatic rings. The minimum absolute atomic E-state index is 0. The Kier molecular flexibility index (Phi) is 13.7. The zero-order chi connectivity index (χ0) is 19.3. The molecule has 1 saturated heterocycles. The predicted octanol–water partition coefficient (Wildman–Crippen LogP) is 2.65. The van der Waals surface area contributed by atoms with Crippen LogP contribution in [0, 0.1) is 0 Å². The molecule has 1 heterocycles. The van der Waals surface area contributed by atoms with Crippen molar-refractivity contribution in [3.05, 3.63) is 35.9 Å². The lowest BCUT2D eigenvalue weighted by Crippen LogP contribution is -2.47. The van der Waals surface area contributed by atoms with E-state index in [9.17, 15) is 4.21 Å². The number of methoxy groups -OCH3 is 1. The van der Waals surface area contributed by atoms with Crippen LogP contribution in [0.1, 0.15) is 24.8 Å². The number of ether oxygens (including phenoxy) is 2. The number of nitrogens with one attached hydrogen (secondary N) is 1. The molecule has 8 heteroatoms. The number of benzene rings is 1. The first kappa shape index (κ1) is 25.3. The molecule has 1 fully saturated rings. The first-order valence-electron chi connectivity index (χ1n) is 9.68. The molecule has 6 nitrogen and oxygen atoms in total. The zero-order valence-corrected chi connectivity index (χ0v) is 20.1. The fourth-order valence-electron chi connectivity index (χ4n) is 3.13. The molecule has 160 valence electrons. The van der Waals surface area contributed by atoms with Crippen molar-refractivity contribution in [1.82, 2.24) is 10.2 Å². The largest absolute Gasteiger partial charge is 0.385 e. The fraction of sp³-hybridized carbons (Fsp3) is 0.650. The molecule has 0 bridgehead atoms. The summed E-state index contributed by atoms with van der Waals surface area (Å²) in [6.07, 6.45) is 3.29. The van der Waals surface area contributed by atoms with Crippen molar-refractivity contribution in [2.24, 2.45) is 4.99 Å². The van der Waals surface area contributed by atoms with Gasteiger partial charge in [-0.1, -0.05) is 30.3 Å². The first-order valence-corrected chi connectivity index (χ1v) is 11.2. The molecule has 0 aliphatic carbocycles. The molecule has 0 aromatic heterocycles. The zero-order valence-electron chi connectivity index (χ0n) is 17.0. The van der Waals surface area contributed by atoms with Crippen molar-refractivity contribution in [2.75, 3.05) is 52.8 Å². The Bertz CT molecular complexity index is 581. The van der Waals surface area contributed by atoms with Gasteiger partial charge in [-0.25, -0.2) is 0 Å². The van der Waals surface area contributed by atoms with Crippen LogP contribution in [-0.4, -0.2) is 73.9 Å². The summed E-state index contributed by atoms with van der Waals surface area (Å²) in [4.78, 5) is 6.64. The molecule has 1 aromatic carbocycles. The SMILES string of the molecule is CN=C(NCCS(=O)Cc1ccccc1)N1CCC(OCCCOC)CC1.I. The van der Waals surface area contributed by atoms with E-state index in [1.54, 1.807) is 14.2 Å². The highest BCUT2D eigenvalue weighted by Gasteiger charge is 2.21.